The Morgan fingerprint density at radius 2 is 2.04 bits per heavy atom. The molecule has 28 heavy (non-hydrogen) atoms. The van der Waals surface area contributed by atoms with Crippen molar-refractivity contribution in [2.45, 2.75) is 12.0 Å². The summed E-state index contributed by atoms with van der Waals surface area (Å²) in [5.41, 5.74) is 0.856. The molecule has 3 N–H and O–H groups in total. The fraction of sp³-hybridized carbons (Fsp3) is 0.167. The molecule has 0 aromatic heterocycles. The number of methoxy groups -OCH3 is 1. The van der Waals surface area contributed by atoms with Crippen molar-refractivity contribution in [3.05, 3.63) is 69.8 Å². The molecule has 0 fully saturated rings. The molecule has 144 valence electrons. The molecule has 0 saturated carbocycles. The molecule has 2 aromatic carbocycles. The lowest BCUT2D eigenvalue weighted by molar-refractivity contribution is -0.385. The van der Waals surface area contributed by atoms with Gasteiger partial charge in [-0.25, -0.2) is 10.2 Å². The van der Waals surface area contributed by atoms with Gasteiger partial charge in [-0.1, -0.05) is 30.3 Å². The lowest BCUT2D eigenvalue weighted by atomic mass is 9.87. The lowest BCUT2D eigenvalue weighted by Gasteiger charge is -2.22. The number of benzene rings is 2. The van der Waals surface area contributed by atoms with Crippen molar-refractivity contribution in [2.24, 2.45) is 5.10 Å². The van der Waals surface area contributed by atoms with Crippen molar-refractivity contribution in [3.63, 3.8) is 0 Å². The van der Waals surface area contributed by atoms with E-state index in [4.69, 9.17) is 0 Å². The maximum Gasteiger partial charge on any atom is 0.427 e. The second-order valence-corrected chi connectivity index (χ2v) is 6.01. The molecule has 3 rings (SSSR count). The third-order valence-electron chi connectivity index (χ3n) is 4.28. The number of carbonyl (C=O) groups is 2. The zero-order valence-electron chi connectivity index (χ0n) is 14.7. The van der Waals surface area contributed by atoms with E-state index in [0.717, 1.165) is 6.07 Å². The number of nitrogens with zero attached hydrogens (tertiary/aromatic N) is 2. The van der Waals surface area contributed by atoms with Gasteiger partial charge < -0.3 is 15.2 Å². The number of nitro groups is 1. The van der Waals surface area contributed by atoms with E-state index in [1.807, 2.05) is 0 Å². The highest BCUT2D eigenvalue weighted by Crippen LogP contribution is 2.41. The second kappa shape index (κ2) is 7.45. The van der Waals surface area contributed by atoms with Crippen LogP contribution >= 0.6 is 0 Å². The highest BCUT2D eigenvalue weighted by molar-refractivity contribution is 6.11. The average molecular weight is 384 g/mol. The monoisotopic (exact) mass is 384 g/mol. The molecule has 10 heteroatoms. The van der Waals surface area contributed by atoms with Crippen molar-refractivity contribution < 1.29 is 24.4 Å². The minimum atomic E-state index is -2.10. The molecule has 0 bridgehead atoms. The van der Waals surface area contributed by atoms with E-state index in [9.17, 15) is 24.8 Å². The Balaban J connectivity index is 2.03. The van der Waals surface area contributed by atoms with Crippen molar-refractivity contribution in [2.75, 3.05) is 12.4 Å². The smallest absolute Gasteiger partial charge is 0.427 e. The van der Waals surface area contributed by atoms with Crippen molar-refractivity contribution >= 4 is 29.1 Å². The number of hydrazone groups is 1. The number of carbonyl (C=O) groups excluding carboxylic acids is 2. The quantitative estimate of drug-likeness (QED) is 0.408. The zero-order chi connectivity index (χ0) is 20.3. The van der Waals surface area contributed by atoms with Crippen LogP contribution in [0.4, 0.5) is 16.2 Å². The third kappa shape index (κ3) is 3.53. The standard InChI is InChI=1S/C18H16N4O6/c1-28-17(24)21-20-15(11-5-3-2-4-6-11)10-18(25)13-9-12(22(26)27)7-8-14(13)19-16(18)23/h2-9,25H,10H2,1H3,(H,19,23)(H,21,24)/b20-15-/t18-/m1/s1. The average Bonchev–Trinajstić information content (AvgIpc) is 2.95. The summed E-state index contributed by atoms with van der Waals surface area (Å²) in [5, 5.41) is 28.7. The summed E-state index contributed by atoms with van der Waals surface area (Å²) in [6, 6.07) is 12.3. The molecular formula is C18H16N4O6. The van der Waals surface area contributed by atoms with Crippen molar-refractivity contribution in [1.29, 1.82) is 0 Å². The maximum atomic E-state index is 12.5. The van der Waals surface area contributed by atoms with Gasteiger partial charge in [-0.2, -0.15) is 5.10 Å². The van der Waals surface area contributed by atoms with E-state index in [-0.39, 0.29) is 29.1 Å². The Kier molecular flexibility index (Phi) is 5.05. The van der Waals surface area contributed by atoms with Crippen LogP contribution in [0.15, 0.2) is 53.6 Å². The number of anilines is 1. The molecule has 0 aliphatic carbocycles. The number of nitrogens with one attached hydrogen (secondary N) is 2. The first-order valence-corrected chi connectivity index (χ1v) is 8.14. The molecule has 0 unspecified atom stereocenters. The maximum absolute atomic E-state index is 12.5. The fourth-order valence-electron chi connectivity index (χ4n) is 2.86. The summed E-state index contributed by atoms with van der Waals surface area (Å²) in [7, 11) is 1.17. The van der Waals surface area contributed by atoms with Gasteiger partial charge in [-0.15, -0.1) is 0 Å². The molecule has 0 radical (unpaired) electrons. The van der Waals surface area contributed by atoms with Crippen molar-refractivity contribution in [3.8, 4) is 0 Å². The van der Waals surface area contributed by atoms with Crippen LogP contribution in [-0.4, -0.2) is 34.9 Å². The number of nitro benzene ring substituents is 1. The summed E-state index contributed by atoms with van der Waals surface area (Å²) in [5.74, 6) is -0.746. The van der Waals surface area contributed by atoms with Gasteiger partial charge in [0.05, 0.1) is 17.7 Å². The molecule has 2 aromatic rings. The van der Waals surface area contributed by atoms with Crippen LogP contribution in [0.3, 0.4) is 0 Å². The van der Waals surface area contributed by atoms with E-state index in [2.05, 4.69) is 20.6 Å². The number of hydrogen-bond acceptors (Lipinski definition) is 7. The molecule has 1 aliphatic rings. The van der Waals surface area contributed by atoms with Gasteiger partial charge in [-0.3, -0.25) is 14.9 Å². The predicted molar refractivity (Wildman–Crippen MR) is 98.8 cm³/mol. The fourth-order valence-corrected chi connectivity index (χ4v) is 2.86. The Morgan fingerprint density at radius 1 is 1.32 bits per heavy atom. The van der Waals surface area contributed by atoms with Gasteiger partial charge in [0.15, 0.2) is 5.60 Å². The molecule has 1 heterocycles. The number of non-ortho nitro benzene ring substituents is 1. The van der Waals surface area contributed by atoms with E-state index in [0.29, 0.717) is 5.56 Å². The van der Waals surface area contributed by atoms with Gasteiger partial charge in [-0.05, 0) is 11.6 Å². The molecule has 0 saturated heterocycles. The predicted octanol–water partition coefficient (Wildman–Crippen LogP) is 1.88. The number of amides is 2. The third-order valence-corrected chi connectivity index (χ3v) is 4.28. The number of aliphatic hydroxyl groups is 1. The van der Waals surface area contributed by atoms with Crippen LogP contribution in [-0.2, 0) is 15.1 Å². The number of rotatable bonds is 5. The zero-order valence-corrected chi connectivity index (χ0v) is 14.7. The second-order valence-electron chi connectivity index (χ2n) is 6.01. The minimum absolute atomic E-state index is 0.0633. The van der Waals surface area contributed by atoms with E-state index in [1.54, 1.807) is 30.3 Å². The van der Waals surface area contributed by atoms with Crippen LogP contribution in [0.5, 0.6) is 0 Å². The Hall–Kier alpha value is -3.79. The number of fused-ring (bicyclic) bond motifs is 1. The summed E-state index contributed by atoms with van der Waals surface area (Å²) in [6.07, 6.45) is -1.16. The van der Waals surface area contributed by atoms with Gasteiger partial charge in [0.1, 0.15) is 0 Å². The largest absolute Gasteiger partial charge is 0.452 e. The first-order chi connectivity index (χ1) is 13.3. The Bertz CT molecular complexity index is 975. The van der Waals surface area contributed by atoms with Crippen LogP contribution in [0, 0.1) is 10.1 Å². The molecule has 1 atom stereocenters. The van der Waals surface area contributed by atoms with Crippen molar-refractivity contribution in [1.82, 2.24) is 5.43 Å². The Labute approximate surface area is 159 Å². The van der Waals surface area contributed by atoms with E-state index >= 15 is 0 Å². The Morgan fingerprint density at radius 3 is 2.68 bits per heavy atom. The van der Waals surface area contributed by atoms with Gasteiger partial charge in [0, 0.05) is 29.8 Å². The molecular weight excluding hydrogens is 368 g/mol. The topological polar surface area (TPSA) is 143 Å². The number of ether oxygens (including phenoxy) is 1. The summed E-state index contributed by atoms with van der Waals surface area (Å²) in [6.45, 7) is 0. The molecule has 1 aliphatic heterocycles. The summed E-state index contributed by atoms with van der Waals surface area (Å²) >= 11 is 0. The van der Waals surface area contributed by atoms with Gasteiger partial charge >= 0.3 is 6.09 Å². The van der Waals surface area contributed by atoms with E-state index in [1.165, 1.54) is 19.2 Å². The van der Waals surface area contributed by atoms with Crippen LogP contribution in [0.2, 0.25) is 0 Å². The first-order valence-electron chi connectivity index (χ1n) is 8.14. The highest BCUT2D eigenvalue weighted by atomic mass is 16.6. The summed E-state index contributed by atoms with van der Waals surface area (Å²) < 4.78 is 4.48. The SMILES string of the molecule is COC(=O)N/N=C(/C[C@]1(O)C(=O)Nc2ccc([N+](=O)[O-])cc21)c1ccccc1. The highest BCUT2D eigenvalue weighted by Gasteiger charge is 2.47. The van der Waals surface area contributed by atoms with Gasteiger partial charge in [0.2, 0.25) is 0 Å². The van der Waals surface area contributed by atoms with Crippen LogP contribution in [0.25, 0.3) is 0 Å². The molecule has 10 nitrogen and oxygen atoms in total. The van der Waals surface area contributed by atoms with Crippen LogP contribution < -0.4 is 10.7 Å². The first kappa shape index (κ1) is 19.0. The normalized spacial score (nSPS) is 18.2. The summed E-state index contributed by atoms with van der Waals surface area (Å²) in [4.78, 5) is 34.4. The van der Waals surface area contributed by atoms with E-state index < -0.39 is 22.5 Å². The lowest BCUT2D eigenvalue weighted by Crippen LogP contribution is -2.37. The van der Waals surface area contributed by atoms with Gasteiger partial charge in [0.25, 0.3) is 11.6 Å². The molecule has 0 spiro atoms. The van der Waals surface area contributed by atoms with Crippen LogP contribution in [0.1, 0.15) is 17.5 Å². The minimum Gasteiger partial charge on any atom is -0.452 e. The molecule has 2 amide bonds. The number of hydrogen-bond donors (Lipinski definition) is 3.